The highest BCUT2D eigenvalue weighted by molar-refractivity contribution is 5.85. The molecule has 1 heterocycles. The van der Waals surface area contributed by atoms with E-state index in [4.69, 9.17) is 5.73 Å². The number of halogens is 1. The number of pyridine rings is 1. The maximum absolute atomic E-state index is 5.62. The highest BCUT2D eigenvalue weighted by Crippen LogP contribution is 2.05. The predicted octanol–water partition coefficient (Wildman–Crippen LogP) is 1.83. The highest BCUT2D eigenvalue weighted by Gasteiger charge is 1.98. The third-order valence-electron chi connectivity index (χ3n) is 1.38. The largest absolute Gasteiger partial charge is 0.323 e. The fourth-order valence-electron chi connectivity index (χ4n) is 0.818. The van der Waals surface area contributed by atoms with Crippen molar-refractivity contribution >= 4 is 12.4 Å². The van der Waals surface area contributed by atoms with Gasteiger partial charge in [0.05, 0.1) is 5.69 Å². The Hall–Kier alpha value is -0.600. The number of hydrogen-bond acceptors (Lipinski definition) is 2. The van der Waals surface area contributed by atoms with Crippen LogP contribution in [0, 0.1) is 6.92 Å². The Morgan fingerprint density at radius 3 is 2.45 bits per heavy atom. The molecule has 0 amide bonds. The molecule has 0 aliphatic heterocycles. The van der Waals surface area contributed by atoms with E-state index in [9.17, 15) is 0 Å². The summed E-state index contributed by atoms with van der Waals surface area (Å²) >= 11 is 0. The number of nitrogens with zero attached hydrogens (tertiary/aromatic N) is 1. The topological polar surface area (TPSA) is 38.9 Å². The van der Waals surface area contributed by atoms with Crippen LogP contribution < -0.4 is 5.73 Å². The molecule has 0 saturated carbocycles. The Kier molecular flexibility index (Phi) is 4.08. The molecule has 1 rings (SSSR count). The minimum absolute atomic E-state index is 0. The lowest BCUT2D eigenvalue weighted by molar-refractivity contribution is 0.775. The number of aryl methyl sites for hydroxylation is 1. The van der Waals surface area contributed by atoms with Crippen molar-refractivity contribution in [1.82, 2.24) is 4.98 Å². The molecule has 0 saturated heterocycles. The second-order valence-electron chi connectivity index (χ2n) is 2.49. The molecule has 0 bridgehead atoms. The predicted molar refractivity (Wildman–Crippen MR) is 48.8 cm³/mol. The molecule has 0 aliphatic rings. The molecule has 0 spiro atoms. The first kappa shape index (κ1) is 10.4. The summed E-state index contributed by atoms with van der Waals surface area (Å²) in [7, 11) is 0. The molecule has 0 radical (unpaired) electrons. The summed E-state index contributed by atoms with van der Waals surface area (Å²) in [5.74, 6) is 0. The van der Waals surface area contributed by atoms with Crippen molar-refractivity contribution in [2.75, 3.05) is 0 Å². The van der Waals surface area contributed by atoms with Gasteiger partial charge in [0.25, 0.3) is 0 Å². The van der Waals surface area contributed by atoms with Crippen LogP contribution in [0.2, 0.25) is 0 Å². The summed E-state index contributed by atoms with van der Waals surface area (Å²) in [6.07, 6.45) is 0. The molecule has 1 aromatic rings. The Morgan fingerprint density at radius 1 is 1.45 bits per heavy atom. The number of rotatable bonds is 1. The van der Waals surface area contributed by atoms with Crippen molar-refractivity contribution in [1.29, 1.82) is 0 Å². The van der Waals surface area contributed by atoms with Gasteiger partial charge in [-0.25, -0.2) is 0 Å². The molecule has 0 aliphatic carbocycles. The minimum Gasteiger partial charge on any atom is -0.323 e. The second kappa shape index (κ2) is 4.31. The molecule has 0 fully saturated rings. The van der Waals surface area contributed by atoms with Crippen molar-refractivity contribution in [3.05, 3.63) is 29.6 Å². The van der Waals surface area contributed by atoms with Crippen LogP contribution in [0.5, 0.6) is 0 Å². The van der Waals surface area contributed by atoms with E-state index in [2.05, 4.69) is 4.98 Å². The normalized spacial score (nSPS) is 11.9. The van der Waals surface area contributed by atoms with Gasteiger partial charge < -0.3 is 5.73 Å². The fourth-order valence-corrected chi connectivity index (χ4v) is 0.818. The number of nitrogens with two attached hydrogens (primary N) is 1. The van der Waals surface area contributed by atoms with Gasteiger partial charge >= 0.3 is 0 Å². The van der Waals surface area contributed by atoms with Gasteiger partial charge in [0.15, 0.2) is 0 Å². The van der Waals surface area contributed by atoms with Crippen LogP contribution in [0.4, 0.5) is 0 Å². The summed E-state index contributed by atoms with van der Waals surface area (Å²) in [5, 5.41) is 0. The van der Waals surface area contributed by atoms with Gasteiger partial charge in [-0.2, -0.15) is 0 Å². The van der Waals surface area contributed by atoms with Gasteiger partial charge in [-0.3, -0.25) is 4.98 Å². The van der Waals surface area contributed by atoms with E-state index < -0.39 is 0 Å². The van der Waals surface area contributed by atoms with E-state index in [0.717, 1.165) is 11.4 Å². The molecule has 0 aromatic carbocycles. The Bertz CT molecular complexity index is 223. The van der Waals surface area contributed by atoms with Crippen LogP contribution in [-0.4, -0.2) is 4.98 Å². The van der Waals surface area contributed by atoms with Crippen molar-refractivity contribution in [3.8, 4) is 0 Å². The third kappa shape index (κ3) is 2.87. The molecule has 11 heavy (non-hydrogen) atoms. The number of hydrogen-bond donors (Lipinski definition) is 1. The van der Waals surface area contributed by atoms with Crippen LogP contribution >= 0.6 is 12.4 Å². The minimum atomic E-state index is 0. The van der Waals surface area contributed by atoms with E-state index in [0.29, 0.717) is 0 Å². The molecule has 1 aromatic heterocycles. The van der Waals surface area contributed by atoms with Crippen molar-refractivity contribution < 1.29 is 0 Å². The quantitative estimate of drug-likeness (QED) is 0.702. The maximum Gasteiger partial charge on any atom is 0.0571 e. The molecule has 0 unspecified atom stereocenters. The Morgan fingerprint density at radius 2 is 2.09 bits per heavy atom. The molecular formula is C8H13ClN2. The van der Waals surface area contributed by atoms with E-state index in [1.807, 2.05) is 32.0 Å². The lowest BCUT2D eigenvalue weighted by Gasteiger charge is -2.03. The van der Waals surface area contributed by atoms with Crippen LogP contribution in [0.1, 0.15) is 24.4 Å². The zero-order valence-electron chi connectivity index (χ0n) is 6.74. The molecule has 1 atom stereocenters. The first-order valence-electron chi connectivity index (χ1n) is 3.39. The standard InChI is InChI=1S/C8H12N2.ClH/c1-6-4-3-5-8(10-6)7(2)9;/h3-5,7H,9H2,1-2H3;1H/t7-;/m0./s1. The van der Waals surface area contributed by atoms with Gasteiger partial charge in [-0.15, -0.1) is 12.4 Å². The molecule has 3 heteroatoms. The zero-order valence-corrected chi connectivity index (χ0v) is 7.56. The number of aromatic nitrogens is 1. The lowest BCUT2D eigenvalue weighted by Crippen LogP contribution is -2.07. The molecule has 2 N–H and O–H groups in total. The maximum atomic E-state index is 5.62. The summed E-state index contributed by atoms with van der Waals surface area (Å²) < 4.78 is 0. The fraction of sp³-hybridized carbons (Fsp3) is 0.375. The van der Waals surface area contributed by atoms with Gasteiger partial charge in [-0.05, 0) is 26.0 Å². The average molecular weight is 173 g/mol. The average Bonchev–Trinajstić information content (AvgIpc) is 1.88. The lowest BCUT2D eigenvalue weighted by atomic mass is 10.2. The monoisotopic (exact) mass is 172 g/mol. The van der Waals surface area contributed by atoms with Gasteiger partial charge in [0.1, 0.15) is 0 Å². The van der Waals surface area contributed by atoms with Crippen LogP contribution in [0.25, 0.3) is 0 Å². The summed E-state index contributed by atoms with van der Waals surface area (Å²) in [5.41, 5.74) is 7.60. The van der Waals surface area contributed by atoms with Crippen molar-refractivity contribution in [2.24, 2.45) is 5.73 Å². The SMILES string of the molecule is Cc1cccc([C@H](C)N)n1.Cl. The van der Waals surface area contributed by atoms with Crippen LogP contribution in [0.3, 0.4) is 0 Å². The first-order valence-corrected chi connectivity index (χ1v) is 3.39. The molecular weight excluding hydrogens is 160 g/mol. The van der Waals surface area contributed by atoms with E-state index in [1.165, 1.54) is 0 Å². The third-order valence-corrected chi connectivity index (χ3v) is 1.38. The summed E-state index contributed by atoms with van der Waals surface area (Å²) in [6.45, 7) is 3.90. The summed E-state index contributed by atoms with van der Waals surface area (Å²) in [4.78, 5) is 4.25. The second-order valence-corrected chi connectivity index (χ2v) is 2.49. The van der Waals surface area contributed by atoms with Crippen LogP contribution in [0.15, 0.2) is 18.2 Å². The zero-order chi connectivity index (χ0) is 7.56. The Balaban J connectivity index is 0.000001000. The molecule has 2 nitrogen and oxygen atoms in total. The van der Waals surface area contributed by atoms with Gasteiger partial charge in [0.2, 0.25) is 0 Å². The smallest absolute Gasteiger partial charge is 0.0571 e. The first-order chi connectivity index (χ1) is 4.70. The highest BCUT2D eigenvalue weighted by atomic mass is 35.5. The molecule has 62 valence electrons. The summed E-state index contributed by atoms with van der Waals surface area (Å²) in [6, 6.07) is 5.92. The Labute approximate surface area is 73.2 Å². The van der Waals surface area contributed by atoms with Crippen molar-refractivity contribution in [2.45, 2.75) is 19.9 Å². The van der Waals surface area contributed by atoms with E-state index in [1.54, 1.807) is 0 Å². The van der Waals surface area contributed by atoms with Gasteiger partial charge in [-0.1, -0.05) is 6.07 Å². The van der Waals surface area contributed by atoms with Crippen molar-refractivity contribution in [3.63, 3.8) is 0 Å². The van der Waals surface area contributed by atoms with E-state index in [-0.39, 0.29) is 18.4 Å². The van der Waals surface area contributed by atoms with E-state index >= 15 is 0 Å². The van der Waals surface area contributed by atoms with Crippen LogP contribution in [-0.2, 0) is 0 Å². The van der Waals surface area contributed by atoms with Gasteiger partial charge in [0, 0.05) is 11.7 Å².